The maximum atomic E-state index is 12.4. The van der Waals surface area contributed by atoms with Crippen LogP contribution in [0.4, 0.5) is 0 Å². The number of sulfonamides is 1. The van der Waals surface area contributed by atoms with Crippen molar-refractivity contribution < 1.29 is 13.2 Å². The van der Waals surface area contributed by atoms with Crippen LogP contribution in [-0.4, -0.2) is 18.8 Å². The second-order valence-corrected chi connectivity index (χ2v) is 8.39. The minimum absolute atomic E-state index is 0.0273. The Bertz CT molecular complexity index is 1130. The first-order valence-electron chi connectivity index (χ1n) is 8.20. The van der Waals surface area contributed by atoms with E-state index >= 15 is 0 Å². The number of halogens is 1. The fourth-order valence-corrected chi connectivity index (χ4v) is 4.06. The Morgan fingerprint density at radius 1 is 0.963 bits per heavy atom. The maximum Gasteiger partial charge on any atom is 0.238 e. The SMILES string of the molecule is CC(=O)c1c(C)c(-c2ccc(Cl)cc2)n(C)c1-c1ccc(S(N)(=O)=O)cc1. The molecule has 0 saturated heterocycles. The number of carbonyl (C=O) groups is 1. The molecule has 0 aliphatic heterocycles. The van der Waals surface area contributed by atoms with E-state index in [0.717, 1.165) is 28.1 Å². The van der Waals surface area contributed by atoms with Crippen molar-refractivity contribution in [3.05, 3.63) is 64.7 Å². The van der Waals surface area contributed by atoms with E-state index in [0.29, 0.717) is 10.6 Å². The highest BCUT2D eigenvalue weighted by Gasteiger charge is 2.23. The number of nitrogens with zero attached hydrogens (tertiary/aromatic N) is 1. The van der Waals surface area contributed by atoms with Gasteiger partial charge in [0, 0.05) is 17.6 Å². The van der Waals surface area contributed by atoms with E-state index in [9.17, 15) is 13.2 Å². The number of nitrogens with two attached hydrogens (primary N) is 1. The van der Waals surface area contributed by atoms with Crippen LogP contribution in [0, 0.1) is 6.92 Å². The van der Waals surface area contributed by atoms with Gasteiger partial charge in [-0.1, -0.05) is 35.9 Å². The van der Waals surface area contributed by atoms with Crippen molar-refractivity contribution >= 4 is 27.4 Å². The van der Waals surface area contributed by atoms with Crippen LogP contribution in [0.3, 0.4) is 0 Å². The first kappa shape index (κ1) is 19.4. The van der Waals surface area contributed by atoms with Gasteiger partial charge in [-0.25, -0.2) is 13.6 Å². The third-order valence-corrected chi connectivity index (χ3v) is 5.75. The molecule has 2 aromatic carbocycles. The predicted molar refractivity (Wildman–Crippen MR) is 107 cm³/mol. The summed E-state index contributed by atoms with van der Waals surface area (Å²) in [7, 11) is -1.89. The summed E-state index contributed by atoms with van der Waals surface area (Å²) in [6.45, 7) is 3.43. The molecular weight excluding hydrogens is 384 g/mol. The highest BCUT2D eigenvalue weighted by Crippen LogP contribution is 2.37. The largest absolute Gasteiger partial charge is 0.343 e. The second-order valence-electron chi connectivity index (χ2n) is 6.39. The van der Waals surface area contributed by atoms with Gasteiger partial charge in [0.1, 0.15) is 0 Å². The van der Waals surface area contributed by atoms with Crippen molar-refractivity contribution in [2.24, 2.45) is 12.2 Å². The normalized spacial score (nSPS) is 11.6. The minimum Gasteiger partial charge on any atom is -0.343 e. The molecule has 5 nitrogen and oxygen atoms in total. The summed E-state index contributed by atoms with van der Waals surface area (Å²) in [6, 6.07) is 13.6. The first-order chi connectivity index (χ1) is 12.6. The summed E-state index contributed by atoms with van der Waals surface area (Å²) in [5, 5.41) is 5.81. The highest BCUT2D eigenvalue weighted by molar-refractivity contribution is 7.89. The summed E-state index contributed by atoms with van der Waals surface area (Å²) < 4.78 is 24.9. The molecule has 7 heteroatoms. The fourth-order valence-electron chi connectivity index (χ4n) is 3.42. The van der Waals surface area contributed by atoms with Crippen LogP contribution in [0.5, 0.6) is 0 Å². The molecule has 2 N–H and O–H groups in total. The lowest BCUT2D eigenvalue weighted by Crippen LogP contribution is -2.11. The molecule has 0 atom stereocenters. The van der Waals surface area contributed by atoms with Crippen LogP contribution >= 0.6 is 11.6 Å². The van der Waals surface area contributed by atoms with Gasteiger partial charge in [0.25, 0.3) is 0 Å². The molecule has 1 aromatic heterocycles. The van der Waals surface area contributed by atoms with Gasteiger partial charge < -0.3 is 4.57 Å². The molecule has 0 amide bonds. The van der Waals surface area contributed by atoms with Gasteiger partial charge in [-0.3, -0.25) is 4.79 Å². The van der Waals surface area contributed by atoms with E-state index in [4.69, 9.17) is 16.7 Å². The zero-order valence-electron chi connectivity index (χ0n) is 15.2. The molecule has 3 rings (SSSR count). The fraction of sp³-hybridized carbons (Fsp3) is 0.150. The first-order valence-corrected chi connectivity index (χ1v) is 10.1. The van der Waals surface area contributed by atoms with E-state index < -0.39 is 10.0 Å². The number of ketones is 1. The number of rotatable bonds is 4. The van der Waals surface area contributed by atoms with E-state index in [2.05, 4.69) is 0 Å². The Morgan fingerprint density at radius 2 is 1.44 bits per heavy atom. The predicted octanol–water partition coefficient (Wildman–Crippen LogP) is 4.17. The zero-order chi connectivity index (χ0) is 19.9. The van der Waals surface area contributed by atoms with Crippen molar-refractivity contribution in [1.29, 1.82) is 0 Å². The average Bonchev–Trinajstić information content (AvgIpc) is 2.86. The Kier molecular flexibility index (Phi) is 4.99. The van der Waals surface area contributed by atoms with Crippen LogP contribution < -0.4 is 5.14 Å². The Balaban J connectivity index is 2.25. The standard InChI is InChI=1S/C20H19ClN2O3S/c1-12-18(13(2)24)20(15-6-10-17(11-7-15)27(22,25)26)23(3)19(12)14-4-8-16(21)9-5-14/h4-11H,1-3H3,(H2,22,25,26). The van der Waals surface area contributed by atoms with Crippen LogP contribution in [0.2, 0.25) is 5.02 Å². The third-order valence-electron chi connectivity index (χ3n) is 4.56. The Hall–Kier alpha value is -2.41. The number of hydrogen-bond acceptors (Lipinski definition) is 3. The van der Waals surface area contributed by atoms with E-state index in [1.54, 1.807) is 24.3 Å². The number of primary sulfonamides is 1. The summed E-state index contributed by atoms with van der Waals surface area (Å²) in [6.07, 6.45) is 0. The molecule has 0 bridgehead atoms. The van der Waals surface area contributed by atoms with Crippen molar-refractivity contribution in [1.82, 2.24) is 4.57 Å². The van der Waals surface area contributed by atoms with E-state index in [-0.39, 0.29) is 10.7 Å². The molecule has 0 aliphatic rings. The van der Waals surface area contributed by atoms with Crippen LogP contribution in [0.25, 0.3) is 22.5 Å². The van der Waals surface area contributed by atoms with Crippen LogP contribution in [-0.2, 0) is 17.1 Å². The number of aromatic nitrogens is 1. The molecule has 140 valence electrons. The molecule has 0 radical (unpaired) electrons. The molecule has 27 heavy (non-hydrogen) atoms. The zero-order valence-corrected chi connectivity index (χ0v) is 16.7. The van der Waals surface area contributed by atoms with Crippen LogP contribution in [0.15, 0.2) is 53.4 Å². The molecular formula is C20H19ClN2O3S. The Labute approximate surface area is 163 Å². The number of benzene rings is 2. The van der Waals surface area contributed by atoms with E-state index in [1.165, 1.54) is 19.1 Å². The lowest BCUT2D eigenvalue weighted by Gasteiger charge is -2.10. The van der Waals surface area contributed by atoms with Crippen molar-refractivity contribution in [2.45, 2.75) is 18.7 Å². The average molecular weight is 403 g/mol. The van der Waals surface area contributed by atoms with Gasteiger partial charge in [-0.15, -0.1) is 0 Å². The lowest BCUT2D eigenvalue weighted by molar-refractivity contribution is 0.101. The molecule has 0 saturated carbocycles. The molecule has 0 unspecified atom stereocenters. The topological polar surface area (TPSA) is 82.2 Å². The van der Waals surface area contributed by atoms with Gasteiger partial charge >= 0.3 is 0 Å². The Morgan fingerprint density at radius 3 is 1.93 bits per heavy atom. The summed E-state index contributed by atoms with van der Waals surface area (Å²) in [4.78, 5) is 12.4. The van der Waals surface area contributed by atoms with E-state index in [1.807, 2.05) is 30.7 Å². The molecule has 3 aromatic rings. The number of hydrogen-bond donors (Lipinski definition) is 1. The summed E-state index contributed by atoms with van der Waals surface area (Å²) >= 11 is 5.99. The second kappa shape index (κ2) is 6.96. The third kappa shape index (κ3) is 3.56. The molecule has 1 heterocycles. The van der Waals surface area contributed by atoms with Crippen molar-refractivity contribution in [3.8, 4) is 22.5 Å². The van der Waals surface area contributed by atoms with Crippen molar-refractivity contribution in [3.63, 3.8) is 0 Å². The van der Waals surface area contributed by atoms with Gasteiger partial charge in [-0.05, 0) is 54.8 Å². The molecule has 0 aliphatic carbocycles. The van der Waals surface area contributed by atoms with Crippen molar-refractivity contribution in [2.75, 3.05) is 0 Å². The quantitative estimate of drug-likeness (QED) is 0.665. The summed E-state index contributed by atoms with van der Waals surface area (Å²) in [5.41, 5.74) is 4.77. The summed E-state index contributed by atoms with van der Waals surface area (Å²) in [5.74, 6) is -0.0613. The molecule has 0 fully saturated rings. The lowest BCUT2D eigenvalue weighted by atomic mass is 10.00. The smallest absolute Gasteiger partial charge is 0.238 e. The van der Waals surface area contributed by atoms with Gasteiger partial charge in [0.2, 0.25) is 10.0 Å². The van der Waals surface area contributed by atoms with Gasteiger partial charge in [-0.2, -0.15) is 0 Å². The monoisotopic (exact) mass is 402 g/mol. The highest BCUT2D eigenvalue weighted by atomic mass is 35.5. The number of carbonyl (C=O) groups excluding carboxylic acids is 1. The van der Waals surface area contributed by atoms with Crippen LogP contribution in [0.1, 0.15) is 22.8 Å². The number of Topliss-reactive ketones (excluding diaryl/α,β-unsaturated/α-hetero) is 1. The minimum atomic E-state index is -3.77. The van der Waals surface area contributed by atoms with Gasteiger partial charge in [0.05, 0.1) is 16.3 Å². The molecule has 0 spiro atoms. The maximum absolute atomic E-state index is 12.4. The van der Waals surface area contributed by atoms with Gasteiger partial charge in [0.15, 0.2) is 5.78 Å².